The molecule has 3 rings (SSSR count). The van der Waals surface area contributed by atoms with Crippen LogP contribution < -0.4 is 10.0 Å². The first-order chi connectivity index (χ1) is 14.2. The van der Waals surface area contributed by atoms with Crippen LogP contribution in [0.4, 0.5) is 5.13 Å². The molecule has 0 spiro atoms. The molecular formula is C20H21ClN4O3S2. The van der Waals surface area contributed by atoms with Gasteiger partial charge in [-0.3, -0.25) is 10.1 Å². The SMILES string of the molecule is CC[C@H](NS(=O)(=O)c1nnc(NC(=O)c2ccccc2Cl)s1)c1ccc(C)cc1C. The van der Waals surface area contributed by atoms with Crippen molar-refractivity contribution < 1.29 is 13.2 Å². The van der Waals surface area contributed by atoms with Gasteiger partial charge in [-0.25, -0.2) is 13.1 Å². The van der Waals surface area contributed by atoms with E-state index in [4.69, 9.17) is 11.6 Å². The Morgan fingerprint density at radius 2 is 1.90 bits per heavy atom. The minimum absolute atomic E-state index is 0.0693. The van der Waals surface area contributed by atoms with E-state index in [0.29, 0.717) is 6.42 Å². The fraction of sp³-hybridized carbons (Fsp3) is 0.250. The number of benzene rings is 2. The van der Waals surface area contributed by atoms with Gasteiger partial charge in [0.25, 0.3) is 15.9 Å². The number of carbonyl (C=O) groups is 1. The molecular weight excluding hydrogens is 444 g/mol. The Bertz CT molecular complexity index is 1180. The molecule has 0 bridgehead atoms. The summed E-state index contributed by atoms with van der Waals surface area (Å²) in [5.74, 6) is -0.490. The van der Waals surface area contributed by atoms with E-state index in [0.717, 1.165) is 28.0 Å². The summed E-state index contributed by atoms with van der Waals surface area (Å²) >= 11 is 6.79. The van der Waals surface area contributed by atoms with Crippen LogP contribution in [0.3, 0.4) is 0 Å². The number of halogens is 1. The maximum atomic E-state index is 12.8. The van der Waals surface area contributed by atoms with Crippen LogP contribution in [0.2, 0.25) is 5.02 Å². The van der Waals surface area contributed by atoms with Crippen molar-refractivity contribution in [2.75, 3.05) is 5.32 Å². The van der Waals surface area contributed by atoms with Crippen molar-refractivity contribution in [1.29, 1.82) is 0 Å². The van der Waals surface area contributed by atoms with Crippen LogP contribution in [0.25, 0.3) is 0 Å². The maximum Gasteiger partial charge on any atom is 0.270 e. The number of hydrogen-bond donors (Lipinski definition) is 2. The highest BCUT2D eigenvalue weighted by atomic mass is 35.5. The lowest BCUT2D eigenvalue weighted by molar-refractivity contribution is 0.102. The van der Waals surface area contributed by atoms with E-state index in [1.165, 1.54) is 0 Å². The number of nitrogens with one attached hydrogen (secondary N) is 2. The molecule has 0 aliphatic carbocycles. The lowest BCUT2D eigenvalue weighted by Crippen LogP contribution is -2.28. The lowest BCUT2D eigenvalue weighted by atomic mass is 9.98. The van der Waals surface area contributed by atoms with Gasteiger partial charge in [-0.2, -0.15) is 0 Å². The highest BCUT2D eigenvalue weighted by Crippen LogP contribution is 2.27. The zero-order valence-corrected chi connectivity index (χ0v) is 19.0. The normalized spacial score (nSPS) is 12.5. The van der Waals surface area contributed by atoms with Crippen molar-refractivity contribution >= 4 is 44.0 Å². The third kappa shape index (κ3) is 5.04. The van der Waals surface area contributed by atoms with Crippen LogP contribution in [-0.4, -0.2) is 24.5 Å². The van der Waals surface area contributed by atoms with Crippen LogP contribution in [0, 0.1) is 13.8 Å². The molecule has 2 aromatic carbocycles. The third-order valence-electron chi connectivity index (χ3n) is 4.48. The average Bonchev–Trinajstić information content (AvgIpc) is 3.16. The topological polar surface area (TPSA) is 101 Å². The molecule has 1 atom stereocenters. The molecule has 3 aromatic rings. The molecule has 1 amide bonds. The van der Waals surface area contributed by atoms with E-state index in [2.05, 4.69) is 20.2 Å². The Hall–Kier alpha value is -2.33. The standard InChI is InChI=1S/C20H21ClN4O3S2/c1-4-17(14-10-9-12(2)11-13(14)3)25-30(27,28)20-24-23-19(29-20)22-18(26)15-7-5-6-8-16(15)21/h5-11,17,25H,4H2,1-3H3,(H,22,23,26)/t17-/m0/s1. The minimum atomic E-state index is -3.92. The zero-order valence-electron chi connectivity index (χ0n) is 16.6. The maximum absolute atomic E-state index is 12.8. The summed E-state index contributed by atoms with van der Waals surface area (Å²) in [5.41, 5.74) is 3.28. The number of amides is 1. The van der Waals surface area contributed by atoms with Gasteiger partial charge in [0.05, 0.1) is 10.6 Å². The van der Waals surface area contributed by atoms with Crippen LogP contribution in [0.1, 0.15) is 46.4 Å². The summed E-state index contributed by atoms with van der Waals surface area (Å²) in [6, 6.07) is 12.0. The second-order valence-corrected chi connectivity index (χ2v) is 10.0. The number of hydrogen-bond acceptors (Lipinski definition) is 6. The summed E-state index contributed by atoms with van der Waals surface area (Å²) in [6.07, 6.45) is 0.567. The Balaban J connectivity index is 1.78. The van der Waals surface area contributed by atoms with Gasteiger partial charge in [0.1, 0.15) is 0 Å². The number of carbonyl (C=O) groups excluding carboxylic acids is 1. The van der Waals surface area contributed by atoms with Crippen molar-refractivity contribution in [2.45, 2.75) is 37.6 Å². The molecule has 0 unspecified atom stereocenters. The number of rotatable bonds is 7. The summed E-state index contributed by atoms with van der Waals surface area (Å²) in [6.45, 7) is 5.84. The number of nitrogens with zero attached hydrogens (tertiary/aromatic N) is 2. The van der Waals surface area contributed by atoms with Gasteiger partial charge in [-0.05, 0) is 43.5 Å². The largest absolute Gasteiger partial charge is 0.296 e. The fourth-order valence-electron chi connectivity index (χ4n) is 3.00. The molecule has 0 saturated heterocycles. The molecule has 0 saturated carbocycles. The van der Waals surface area contributed by atoms with Crippen LogP contribution in [0.15, 0.2) is 46.8 Å². The monoisotopic (exact) mass is 464 g/mol. The van der Waals surface area contributed by atoms with Gasteiger partial charge in [0.15, 0.2) is 0 Å². The molecule has 1 aromatic heterocycles. The Kier molecular flexibility index (Phi) is 6.87. The predicted molar refractivity (Wildman–Crippen MR) is 119 cm³/mol. The quantitative estimate of drug-likeness (QED) is 0.501. The van der Waals surface area contributed by atoms with E-state index in [1.54, 1.807) is 24.3 Å². The van der Waals surface area contributed by atoms with Gasteiger partial charge in [-0.15, -0.1) is 10.2 Å². The second-order valence-electron chi connectivity index (χ2n) is 6.75. The van der Waals surface area contributed by atoms with E-state index in [-0.39, 0.29) is 20.1 Å². The smallest absolute Gasteiger partial charge is 0.270 e. The molecule has 1 heterocycles. The minimum Gasteiger partial charge on any atom is -0.296 e. The van der Waals surface area contributed by atoms with Crippen LogP contribution in [0.5, 0.6) is 0 Å². The van der Waals surface area contributed by atoms with E-state index >= 15 is 0 Å². The molecule has 30 heavy (non-hydrogen) atoms. The summed E-state index contributed by atoms with van der Waals surface area (Å²) in [4.78, 5) is 12.3. The number of anilines is 1. The van der Waals surface area contributed by atoms with E-state index < -0.39 is 22.0 Å². The van der Waals surface area contributed by atoms with Gasteiger partial charge in [0, 0.05) is 6.04 Å². The molecule has 0 fully saturated rings. The number of aromatic nitrogens is 2. The van der Waals surface area contributed by atoms with Crippen molar-refractivity contribution in [3.63, 3.8) is 0 Å². The molecule has 0 radical (unpaired) electrons. The lowest BCUT2D eigenvalue weighted by Gasteiger charge is -2.19. The Labute approximate surface area is 184 Å². The van der Waals surface area contributed by atoms with E-state index in [9.17, 15) is 13.2 Å². The van der Waals surface area contributed by atoms with Gasteiger partial charge in [-0.1, -0.05) is 65.8 Å². The summed E-state index contributed by atoms with van der Waals surface area (Å²) < 4.78 is 28.1. The molecule has 158 valence electrons. The molecule has 10 heteroatoms. The van der Waals surface area contributed by atoms with Gasteiger partial charge < -0.3 is 0 Å². The Morgan fingerprint density at radius 3 is 2.57 bits per heavy atom. The second kappa shape index (κ2) is 9.22. The first-order valence-corrected chi connectivity index (χ1v) is 11.9. The first kappa shape index (κ1) is 22.4. The van der Waals surface area contributed by atoms with Crippen molar-refractivity contribution in [3.05, 3.63) is 69.7 Å². The highest BCUT2D eigenvalue weighted by molar-refractivity contribution is 7.91. The third-order valence-corrected chi connectivity index (χ3v) is 7.49. The van der Waals surface area contributed by atoms with Crippen molar-refractivity contribution in [2.24, 2.45) is 0 Å². The summed E-state index contributed by atoms with van der Waals surface area (Å²) in [5, 5.41) is 10.4. The number of sulfonamides is 1. The van der Waals surface area contributed by atoms with E-state index in [1.807, 2.05) is 39.0 Å². The number of aryl methyl sites for hydroxylation is 2. The molecule has 0 aliphatic rings. The van der Waals surface area contributed by atoms with Gasteiger partial charge >= 0.3 is 0 Å². The summed E-state index contributed by atoms with van der Waals surface area (Å²) in [7, 11) is -3.92. The zero-order chi connectivity index (χ0) is 21.9. The van der Waals surface area contributed by atoms with Crippen LogP contribution >= 0.6 is 22.9 Å². The molecule has 0 aliphatic heterocycles. The van der Waals surface area contributed by atoms with Crippen molar-refractivity contribution in [1.82, 2.24) is 14.9 Å². The average molecular weight is 465 g/mol. The first-order valence-electron chi connectivity index (χ1n) is 9.20. The molecule has 7 nitrogen and oxygen atoms in total. The predicted octanol–water partition coefficient (Wildman–Crippen LogP) is 4.49. The fourth-order valence-corrected chi connectivity index (χ4v) is 5.43. The van der Waals surface area contributed by atoms with Gasteiger partial charge in [0.2, 0.25) is 9.47 Å². The highest BCUT2D eigenvalue weighted by Gasteiger charge is 2.26. The van der Waals surface area contributed by atoms with Crippen LogP contribution in [-0.2, 0) is 10.0 Å². The Morgan fingerprint density at radius 1 is 1.17 bits per heavy atom. The van der Waals surface area contributed by atoms with Crippen molar-refractivity contribution in [3.8, 4) is 0 Å². The molecule has 2 N–H and O–H groups in total.